The Labute approximate surface area is 180 Å². The van der Waals surface area contributed by atoms with E-state index in [0.717, 1.165) is 29.7 Å². The van der Waals surface area contributed by atoms with Gasteiger partial charge in [0.1, 0.15) is 6.10 Å². The lowest BCUT2D eigenvalue weighted by molar-refractivity contribution is -0.141. The van der Waals surface area contributed by atoms with Gasteiger partial charge in [0.05, 0.1) is 10.9 Å². The summed E-state index contributed by atoms with van der Waals surface area (Å²) in [6, 6.07) is 3.87. The molecule has 0 unspecified atom stereocenters. The molecule has 0 N–H and O–H groups in total. The molecular weight excluding hydrogens is 462 g/mol. The highest BCUT2D eigenvalue weighted by atomic mass is 32.1. The lowest BCUT2D eigenvalue weighted by atomic mass is 10.1. The van der Waals surface area contributed by atoms with Crippen molar-refractivity contribution >= 4 is 26.6 Å². The molecule has 2 aromatic heterocycles. The highest BCUT2D eigenvalue weighted by Crippen LogP contribution is 2.36. The number of piperidine rings is 1. The van der Waals surface area contributed by atoms with Crippen LogP contribution in [0.3, 0.4) is 0 Å². The van der Waals surface area contributed by atoms with Crippen LogP contribution in [0.25, 0.3) is 10.1 Å². The van der Waals surface area contributed by atoms with E-state index in [1.807, 2.05) is 0 Å². The average Bonchev–Trinajstić information content (AvgIpc) is 2.73. The van der Waals surface area contributed by atoms with Crippen molar-refractivity contribution in [3.8, 4) is 6.01 Å². The lowest BCUT2D eigenvalue weighted by Gasteiger charge is -2.31. The number of rotatable bonds is 3. The Kier molecular flexibility index (Phi) is 5.69. The topological polar surface area (TPSA) is 68.2 Å². The molecule has 13 heteroatoms. The summed E-state index contributed by atoms with van der Waals surface area (Å²) >= 11 is 0.972. The second-order valence-electron chi connectivity index (χ2n) is 7.00. The number of hydrogen-bond donors (Lipinski definition) is 0. The molecule has 1 aromatic carbocycles. The number of fused-ring (bicyclic) bond motifs is 1. The average molecular weight is 476 g/mol. The van der Waals surface area contributed by atoms with E-state index in [4.69, 9.17) is 4.74 Å². The fraction of sp³-hybridized carbons (Fsp3) is 0.368. The SMILES string of the molecule is O=c1nc(N2CCC(Oc3nccc(C(F)(F)F)n3)CC2)sc2cccc(C(F)(F)F)c12. The first-order chi connectivity index (χ1) is 15.0. The molecule has 3 aromatic rings. The van der Waals surface area contributed by atoms with Crippen molar-refractivity contribution in [2.45, 2.75) is 31.3 Å². The van der Waals surface area contributed by atoms with Crippen LogP contribution in [0.15, 0.2) is 35.3 Å². The van der Waals surface area contributed by atoms with Crippen LogP contribution in [0.4, 0.5) is 31.5 Å². The molecule has 0 spiro atoms. The number of ether oxygens (including phenoxy) is 1. The van der Waals surface area contributed by atoms with Gasteiger partial charge in [-0.25, -0.2) is 4.98 Å². The van der Waals surface area contributed by atoms with Gasteiger partial charge < -0.3 is 9.64 Å². The molecule has 0 bridgehead atoms. The molecule has 3 heterocycles. The summed E-state index contributed by atoms with van der Waals surface area (Å²) in [5.74, 6) is 0. The zero-order valence-corrected chi connectivity index (χ0v) is 16.9. The third-order valence-electron chi connectivity index (χ3n) is 4.85. The molecule has 1 saturated heterocycles. The Bertz CT molecular complexity index is 1190. The summed E-state index contributed by atoms with van der Waals surface area (Å²) < 4.78 is 83.6. The van der Waals surface area contributed by atoms with Crippen LogP contribution in [0.1, 0.15) is 24.1 Å². The maximum atomic E-state index is 13.2. The molecule has 1 aliphatic rings. The molecule has 170 valence electrons. The largest absolute Gasteiger partial charge is 0.460 e. The van der Waals surface area contributed by atoms with Crippen LogP contribution in [0, 0.1) is 0 Å². The molecule has 6 nitrogen and oxygen atoms in total. The molecule has 0 amide bonds. The molecule has 1 fully saturated rings. The van der Waals surface area contributed by atoms with Gasteiger partial charge in [-0.3, -0.25) is 4.79 Å². The number of anilines is 1. The van der Waals surface area contributed by atoms with Crippen molar-refractivity contribution in [3.63, 3.8) is 0 Å². The Morgan fingerprint density at radius 1 is 1.00 bits per heavy atom. The predicted molar refractivity (Wildman–Crippen MR) is 104 cm³/mol. The van der Waals surface area contributed by atoms with Crippen LogP contribution in [-0.4, -0.2) is 34.1 Å². The van der Waals surface area contributed by atoms with Gasteiger partial charge in [0.2, 0.25) is 0 Å². The van der Waals surface area contributed by atoms with Gasteiger partial charge in [-0.2, -0.15) is 36.3 Å². The maximum absolute atomic E-state index is 13.2. The minimum absolute atomic E-state index is 0.172. The third-order valence-corrected chi connectivity index (χ3v) is 5.94. The zero-order chi connectivity index (χ0) is 23.1. The first-order valence-electron chi connectivity index (χ1n) is 9.35. The Morgan fingerprint density at radius 2 is 1.72 bits per heavy atom. The normalized spacial score (nSPS) is 15.9. The molecule has 1 aliphatic heterocycles. The summed E-state index contributed by atoms with van der Waals surface area (Å²) in [7, 11) is 0. The number of benzene rings is 1. The second-order valence-corrected chi connectivity index (χ2v) is 8.01. The van der Waals surface area contributed by atoms with Crippen molar-refractivity contribution in [2.75, 3.05) is 18.0 Å². The summed E-state index contributed by atoms with van der Waals surface area (Å²) in [6.45, 7) is 0.689. The summed E-state index contributed by atoms with van der Waals surface area (Å²) in [6.07, 6.45) is -8.02. The van der Waals surface area contributed by atoms with Crippen LogP contribution < -0.4 is 15.2 Å². The van der Waals surface area contributed by atoms with Gasteiger partial charge in [0.25, 0.3) is 5.56 Å². The third kappa shape index (κ3) is 4.61. The Hall–Kier alpha value is -2.96. The fourth-order valence-corrected chi connectivity index (χ4v) is 4.42. The van der Waals surface area contributed by atoms with Gasteiger partial charge in [0.15, 0.2) is 10.8 Å². The molecule has 4 rings (SSSR count). The number of alkyl halides is 6. The molecule has 0 radical (unpaired) electrons. The van der Waals surface area contributed by atoms with E-state index in [2.05, 4.69) is 15.0 Å². The maximum Gasteiger partial charge on any atom is 0.433 e. The lowest BCUT2D eigenvalue weighted by Crippen LogP contribution is -2.39. The van der Waals surface area contributed by atoms with Gasteiger partial charge in [-0.15, -0.1) is 0 Å². The number of nitrogens with zero attached hydrogens (tertiary/aromatic N) is 4. The van der Waals surface area contributed by atoms with Gasteiger partial charge in [-0.05, 0) is 18.2 Å². The molecule has 0 saturated carbocycles. The minimum atomic E-state index is -4.67. The van der Waals surface area contributed by atoms with Crippen molar-refractivity contribution in [3.05, 3.63) is 52.1 Å². The Balaban J connectivity index is 1.49. The first kappa shape index (κ1) is 22.2. The van der Waals surface area contributed by atoms with Crippen molar-refractivity contribution in [2.24, 2.45) is 0 Å². The van der Waals surface area contributed by atoms with Crippen molar-refractivity contribution < 1.29 is 31.1 Å². The van der Waals surface area contributed by atoms with Gasteiger partial charge in [0, 0.05) is 36.8 Å². The molecular formula is C19H14F6N4O2S. The number of aromatic nitrogens is 3. The van der Waals surface area contributed by atoms with Crippen molar-refractivity contribution in [1.29, 1.82) is 0 Å². The Morgan fingerprint density at radius 3 is 2.38 bits per heavy atom. The van der Waals surface area contributed by atoms with E-state index in [1.54, 1.807) is 4.90 Å². The van der Waals surface area contributed by atoms with Crippen LogP contribution in [0.5, 0.6) is 6.01 Å². The molecule has 0 aliphatic carbocycles. The van der Waals surface area contributed by atoms with Crippen LogP contribution in [0.2, 0.25) is 0 Å². The number of halogens is 6. The van der Waals surface area contributed by atoms with Crippen molar-refractivity contribution in [1.82, 2.24) is 15.0 Å². The van der Waals surface area contributed by atoms with Gasteiger partial charge in [-0.1, -0.05) is 17.4 Å². The highest BCUT2D eigenvalue weighted by molar-refractivity contribution is 7.21. The highest BCUT2D eigenvalue weighted by Gasteiger charge is 2.35. The fourth-order valence-electron chi connectivity index (χ4n) is 3.34. The smallest absolute Gasteiger partial charge is 0.433 e. The standard InChI is InChI=1S/C19H14F6N4O2S/c20-18(21,22)11-2-1-3-12-14(11)15(30)28-17(32-12)29-8-5-10(6-9-29)31-16-26-7-4-13(27-16)19(23,24)25/h1-4,7,10H,5-6,8-9H2. The van der Waals surface area contributed by atoms with Gasteiger partial charge >= 0.3 is 18.4 Å². The van der Waals surface area contributed by atoms with Crippen LogP contribution >= 0.6 is 11.3 Å². The second kappa shape index (κ2) is 8.19. The van der Waals surface area contributed by atoms with E-state index < -0.39 is 40.7 Å². The predicted octanol–water partition coefficient (Wildman–Crippen LogP) is 4.53. The number of hydrogen-bond acceptors (Lipinski definition) is 7. The summed E-state index contributed by atoms with van der Waals surface area (Å²) in [4.78, 5) is 25.0. The van der Waals surface area contributed by atoms with E-state index in [0.29, 0.717) is 25.9 Å². The van der Waals surface area contributed by atoms with E-state index in [9.17, 15) is 31.1 Å². The van der Waals surface area contributed by atoms with E-state index in [1.165, 1.54) is 12.1 Å². The van der Waals surface area contributed by atoms with Crippen LogP contribution in [-0.2, 0) is 12.4 Å². The van der Waals surface area contributed by atoms with E-state index >= 15 is 0 Å². The summed E-state index contributed by atoms with van der Waals surface area (Å²) in [5, 5.41) is -0.191. The monoisotopic (exact) mass is 476 g/mol. The zero-order valence-electron chi connectivity index (χ0n) is 16.1. The van der Waals surface area contributed by atoms with E-state index in [-0.39, 0.29) is 15.8 Å². The molecule has 0 atom stereocenters. The quantitative estimate of drug-likeness (QED) is 0.518. The first-order valence-corrected chi connectivity index (χ1v) is 10.2. The molecule has 32 heavy (non-hydrogen) atoms. The summed E-state index contributed by atoms with van der Waals surface area (Å²) in [5.41, 5.74) is -3.09. The minimum Gasteiger partial charge on any atom is -0.460 e.